The van der Waals surface area contributed by atoms with Gasteiger partial charge in [-0.25, -0.2) is 4.79 Å². The van der Waals surface area contributed by atoms with E-state index in [4.69, 9.17) is 4.74 Å². The molecule has 0 aromatic heterocycles. The van der Waals surface area contributed by atoms with Crippen molar-refractivity contribution in [3.05, 3.63) is 72.8 Å². The summed E-state index contributed by atoms with van der Waals surface area (Å²) in [5.41, 5.74) is 1.73. The van der Waals surface area contributed by atoms with Gasteiger partial charge in [0.2, 0.25) is 5.91 Å². The van der Waals surface area contributed by atoms with Crippen LogP contribution in [0, 0.1) is 0 Å². The average molecular weight is 412 g/mol. The van der Waals surface area contributed by atoms with Gasteiger partial charge in [0.05, 0.1) is 0 Å². The van der Waals surface area contributed by atoms with E-state index in [-0.39, 0.29) is 12.0 Å². The maximum atomic E-state index is 12.2. The van der Waals surface area contributed by atoms with Gasteiger partial charge in [0, 0.05) is 29.7 Å². The van der Waals surface area contributed by atoms with Crippen molar-refractivity contribution in [3.63, 3.8) is 0 Å². The van der Waals surface area contributed by atoms with Gasteiger partial charge in [0.25, 0.3) is 0 Å². The second kappa shape index (κ2) is 10.7. The Labute approximate surface area is 175 Å². The zero-order valence-corrected chi connectivity index (χ0v) is 17.0. The number of anilines is 1. The number of rotatable bonds is 7. The number of ether oxygens (including phenoxy) is 1. The molecule has 1 saturated heterocycles. The van der Waals surface area contributed by atoms with Crippen molar-refractivity contribution in [1.82, 2.24) is 9.62 Å². The van der Waals surface area contributed by atoms with Crippen LogP contribution in [0.4, 0.5) is 10.5 Å². The van der Waals surface area contributed by atoms with Crippen LogP contribution in [0.3, 0.4) is 0 Å². The normalized spacial score (nSPS) is 14.3. The number of likely N-dealkylation sites (tertiary alicyclic amines) is 1. The van der Waals surface area contributed by atoms with Gasteiger partial charge < -0.3 is 15.0 Å². The van der Waals surface area contributed by atoms with Gasteiger partial charge in [-0.15, -0.1) is 0 Å². The fraction of sp³-hybridized carbons (Fsp3) is 0.273. The molecule has 152 valence electrons. The largest absolute Gasteiger partial charge is 0.445 e. The second-order valence-electron chi connectivity index (χ2n) is 6.74. The van der Waals surface area contributed by atoms with E-state index >= 15 is 0 Å². The molecule has 2 aromatic carbocycles. The number of nitrogens with one attached hydrogen (secondary N) is 2. The molecule has 0 radical (unpaired) electrons. The van der Waals surface area contributed by atoms with E-state index in [9.17, 15) is 9.59 Å². The van der Waals surface area contributed by atoms with Gasteiger partial charge in [-0.05, 0) is 60.7 Å². The molecule has 2 amide bonds. The van der Waals surface area contributed by atoms with Crippen molar-refractivity contribution >= 4 is 29.6 Å². The molecule has 0 saturated carbocycles. The minimum Gasteiger partial charge on any atom is -0.445 e. The Morgan fingerprint density at radius 1 is 1.10 bits per heavy atom. The lowest BCUT2D eigenvalue weighted by Crippen LogP contribution is -2.43. The topological polar surface area (TPSA) is 70.7 Å². The molecule has 29 heavy (non-hydrogen) atoms. The van der Waals surface area contributed by atoms with E-state index in [1.807, 2.05) is 54.6 Å². The first-order valence-electron chi connectivity index (χ1n) is 9.55. The molecule has 6 nitrogen and oxygen atoms in total. The molecule has 3 rings (SSSR count). The van der Waals surface area contributed by atoms with Crippen LogP contribution in [0.2, 0.25) is 0 Å². The maximum Gasteiger partial charge on any atom is 0.410 e. The Kier molecular flexibility index (Phi) is 7.72. The van der Waals surface area contributed by atoms with Crippen molar-refractivity contribution < 1.29 is 14.3 Å². The minimum absolute atomic E-state index is 0.224. The second-order valence-corrected chi connectivity index (χ2v) is 7.65. The standard InChI is InChI=1S/C22H25N3O3S/c1-2-21(26)23-18-8-10-20(11-9-18)29-24-19-12-14-25(15-13-19)22(27)28-16-17-6-4-3-5-7-17/h2-11,19,24H,1,12-16H2,(H,23,26). The fourth-order valence-electron chi connectivity index (χ4n) is 2.94. The summed E-state index contributed by atoms with van der Waals surface area (Å²) in [5.74, 6) is -0.224. The lowest BCUT2D eigenvalue weighted by molar-refractivity contribution is -0.111. The lowest BCUT2D eigenvalue weighted by Gasteiger charge is -2.31. The summed E-state index contributed by atoms with van der Waals surface area (Å²) < 4.78 is 8.87. The van der Waals surface area contributed by atoms with Crippen molar-refractivity contribution in [2.45, 2.75) is 30.4 Å². The maximum absolute atomic E-state index is 12.2. The van der Waals surface area contributed by atoms with Crippen LogP contribution in [-0.2, 0) is 16.1 Å². The van der Waals surface area contributed by atoms with Crippen LogP contribution in [0.1, 0.15) is 18.4 Å². The molecule has 2 N–H and O–H groups in total. The molecule has 1 aliphatic rings. The number of amides is 2. The first-order chi connectivity index (χ1) is 14.1. The van der Waals surface area contributed by atoms with E-state index in [1.54, 1.807) is 16.8 Å². The highest BCUT2D eigenvalue weighted by Gasteiger charge is 2.23. The Morgan fingerprint density at radius 3 is 2.45 bits per heavy atom. The summed E-state index contributed by atoms with van der Waals surface area (Å²) in [4.78, 5) is 26.4. The van der Waals surface area contributed by atoms with Crippen LogP contribution < -0.4 is 10.0 Å². The predicted octanol–water partition coefficient (Wildman–Crippen LogP) is 4.21. The molecule has 2 aromatic rings. The Hall–Kier alpha value is -2.77. The molecular formula is C22H25N3O3S. The fourth-order valence-corrected chi connectivity index (χ4v) is 3.75. The number of carbonyl (C=O) groups excluding carboxylic acids is 2. The first-order valence-corrected chi connectivity index (χ1v) is 10.4. The third-order valence-corrected chi connectivity index (χ3v) is 5.57. The predicted molar refractivity (Wildman–Crippen MR) is 115 cm³/mol. The van der Waals surface area contributed by atoms with Crippen LogP contribution in [0.15, 0.2) is 72.1 Å². The highest BCUT2D eigenvalue weighted by Crippen LogP contribution is 2.21. The van der Waals surface area contributed by atoms with Gasteiger partial charge in [-0.3, -0.25) is 9.52 Å². The van der Waals surface area contributed by atoms with Crippen LogP contribution >= 0.6 is 11.9 Å². The highest BCUT2D eigenvalue weighted by molar-refractivity contribution is 7.97. The molecule has 0 unspecified atom stereocenters. The Morgan fingerprint density at radius 2 is 1.79 bits per heavy atom. The van der Waals surface area contributed by atoms with E-state index in [1.165, 1.54) is 6.08 Å². The van der Waals surface area contributed by atoms with Gasteiger partial charge in [0.15, 0.2) is 0 Å². The molecule has 1 fully saturated rings. The number of hydrogen-bond donors (Lipinski definition) is 2. The zero-order chi connectivity index (χ0) is 20.5. The van der Waals surface area contributed by atoms with E-state index in [2.05, 4.69) is 16.6 Å². The summed E-state index contributed by atoms with van der Waals surface area (Å²) >= 11 is 1.56. The number of piperidine rings is 1. The van der Waals surface area contributed by atoms with Crippen molar-refractivity contribution in [3.8, 4) is 0 Å². The number of benzene rings is 2. The molecule has 0 bridgehead atoms. The molecular weight excluding hydrogens is 386 g/mol. The van der Waals surface area contributed by atoms with E-state index in [0.717, 1.165) is 29.0 Å². The summed E-state index contributed by atoms with van der Waals surface area (Å²) in [5, 5.41) is 2.72. The average Bonchev–Trinajstić information content (AvgIpc) is 2.78. The van der Waals surface area contributed by atoms with E-state index in [0.29, 0.717) is 25.7 Å². The third-order valence-electron chi connectivity index (χ3n) is 4.61. The minimum atomic E-state index is -0.253. The molecule has 0 aliphatic carbocycles. The van der Waals surface area contributed by atoms with Gasteiger partial charge in [-0.2, -0.15) is 0 Å². The smallest absolute Gasteiger partial charge is 0.410 e. The Balaban J connectivity index is 1.36. The first kappa shape index (κ1) is 21.0. The summed E-state index contributed by atoms with van der Waals surface area (Å²) in [6.07, 6.45) is 2.74. The van der Waals surface area contributed by atoms with Crippen LogP contribution in [0.5, 0.6) is 0 Å². The van der Waals surface area contributed by atoms with Crippen LogP contribution in [-0.4, -0.2) is 36.0 Å². The molecule has 7 heteroatoms. The molecule has 0 spiro atoms. The highest BCUT2D eigenvalue weighted by atomic mass is 32.2. The number of nitrogens with zero attached hydrogens (tertiary/aromatic N) is 1. The van der Waals surface area contributed by atoms with Crippen LogP contribution in [0.25, 0.3) is 0 Å². The zero-order valence-electron chi connectivity index (χ0n) is 16.2. The number of carbonyl (C=O) groups is 2. The van der Waals surface area contributed by atoms with E-state index < -0.39 is 0 Å². The van der Waals surface area contributed by atoms with Gasteiger partial charge in [-0.1, -0.05) is 36.9 Å². The lowest BCUT2D eigenvalue weighted by atomic mass is 10.1. The number of hydrogen-bond acceptors (Lipinski definition) is 5. The van der Waals surface area contributed by atoms with Crippen molar-refractivity contribution in [2.75, 3.05) is 18.4 Å². The SMILES string of the molecule is C=CC(=O)Nc1ccc(SNC2CCN(C(=O)OCc3ccccc3)CC2)cc1. The third kappa shape index (κ3) is 6.66. The molecule has 1 heterocycles. The van der Waals surface area contributed by atoms with Crippen molar-refractivity contribution in [2.24, 2.45) is 0 Å². The Bertz CT molecular complexity index is 819. The van der Waals surface area contributed by atoms with Gasteiger partial charge >= 0.3 is 6.09 Å². The summed E-state index contributed by atoms with van der Waals surface area (Å²) in [6.45, 7) is 5.10. The summed E-state index contributed by atoms with van der Waals surface area (Å²) in [7, 11) is 0. The molecule has 1 aliphatic heterocycles. The van der Waals surface area contributed by atoms with Gasteiger partial charge in [0.1, 0.15) is 6.61 Å². The molecule has 0 atom stereocenters. The monoisotopic (exact) mass is 411 g/mol. The van der Waals surface area contributed by atoms with Crippen molar-refractivity contribution in [1.29, 1.82) is 0 Å². The summed E-state index contributed by atoms with van der Waals surface area (Å²) in [6, 6.07) is 17.6. The quantitative estimate of drug-likeness (QED) is 0.528.